The van der Waals surface area contributed by atoms with Crippen molar-refractivity contribution in [2.45, 2.75) is 48.0 Å². The molecule has 92 valence electrons. The standard InChI is InChI=1S/C16H22O/c1-10-7-13-15(4,5)9-14(17)16(13,6)8-11(2)12(10)3/h7-8H,9H2,1-6H3/t16-/m1/s1. The summed E-state index contributed by atoms with van der Waals surface area (Å²) in [6.07, 6.45) is 5.07. The number of fused-ring (bicyclic) bond motifs is 1. The monoisotopic (exact) mass is 230 g/mol. The van der Waals surface area contributed by atoms with Crippen molar-refractivity contribution in [1.29, 1.82) is 0 Å². The van der Waals surface area contributed by atoms with Crippen LogP contribution in [0.1, 0.15) is 48.0 Å². The van der Waals surface area contributed by atoms with Gasteiger partial charge in [0, 0.05) is 6.42 Å². The zero-order valence-corrected chi connectivity index (χ0v) is 11.8. The SMILES string of the molecule is CC1=C[C@@]2(C)C(=O)CC(C)(C)C2=CC(C)=C1C. The molecule has 2 aliphatic carbocycles. The summed E-state index contributed by atoms with van der Waals surface area (Å²) in [4.78, 5) is 12.4. The van der Waals surface area contributed by atoms with E-state index in [2.05, 4.69) is 53.7 Å². The first kappa shape index (κ1) is 12.3. The van der Waals surface area contributed by atoms with Gasteiger partial charge in [-0.1, -0.05) is 31.6 Å². The second-order valence-electron chi connectivity index (χ2n) is 6.38. The Hall–Kier alpha value is -1.11. The van der Waals surface area contributed by atoms with Crippen LogP contribution >= 0.6 is 0 Å². The number of allylic oxidation sites excluding steroid dienone is 6. The van der Waals surface area contributed by atoms with Crippen LogP contribution in [0, 0.1) is 10.8 Å². The molecule has 0 amide bonds. The van der Waals surface area contributed by atoms with Gasteiger partial charge in [-0.2, -0.15) is 0 Å². The second-order valence-corrected chi connectivity index (χ2v) is 6.38. The van der Waals surface area contributed by atoms with Gasteiger partial charge in [-0.3, -0.25) is 4.79 Å². The molecule has 1 heteroatoms. The maximum Gasteiger partial charge on any atom is 0.147 e. The van der Waals surface area contributed by atoms with E-state index in [1.54, 1.807) is 0 Å². The van der Waals surface area contributed by atoms with Crippen molar-refractivity contribution in [3.63, 3.8) is 0 Å². The van der Waals surface area contributed by atoms with Gasteiger partial charge in [0.1, 0.15) is 5.78 Å². The highest BCUT2D eigenvalue weighted by Gasteiger charge is 2.50. The van der Waals surface area contributed by atoms with Crippen LogP contribution in [-0.4, -0.2) is 5.78 Å². The maximum absolute atomic E-state index is 12.4. The molecule has 0 aliphatic heterocycles. The van der Waals surface area contributed by atoms with Gasteiger partial charge >= 0.3 is 0 Å². The molecule has 0 unspecified atom stereocenters. The minimum Gasteiger partial charge on any atom is -0.298 e. The highest BCUT2D eigenvalue weighted by molar-refractivity contribution is 5.95. The van der Waals surface area contributed by atoms with E-state index in [0.29, 0.717) is 12.2 Å². The van der Waals surface area contributed by atoms with E-state index in [0.717, 1.165) is 0 Å². The summed E-state index contributed by atoms with van der Waals surface area (Å²) in [7, 11) is 0. The van der Waals surface area contributed by atoms with Crippen LogP contribution in [0.2, 0.25) is 0 Å². The topological polar surface area (TPSA) is 17.1 Å². The highest BCUT2D eigenvalue weighted by Crippen LogP contribution is 2.54. The van der Waals surface area contributed by atoms with E-state index in [1.165, 1.54) is 22.3 Å². The van der Waals surface area contributed by atoms with Gasteiger partial charge in [-0.15, -0.1) is 0 Å². The van der Waals surface area contributed by atoms with Crippen LogP contribution in [0.15, 0.2) is 34.4 Å². The summed E-state index contributed by atoms with van der Waals surface area (Å²) in [5, 5.41) is 0. The summed E-state index contributed by atoms with van der Waals surface area (Å²) in [5.41, 5.74) is 4.73. The quantitative estimate of drug-likeness (QED) is 0.609. The van der Waals surface area contributed by atoms with Gasteiger partial charge in [0.15, 0.2) is 0 Å². The van der Waals surface area contributed by atoms with Gasteiger partial charge in [-0.25, -0.2) is 0 Å². The van der Waals surface area contributed by atoms with E-state index >= 15 is 0 Å². The lowest BCUT2D eigenvalue weighted by molar-refractivity contribution is -0.122. The van der Waals surface area contributed by atoms with Gasteiger partial charge in [0.2, 0.25) is 0 Å². The third kappa shape index (κ3) is 1.64. The number of hydrogen-bond donors (Lipinski definition) is 0. The maximum atomic E-state index is 12.4. The zero-order valence-electron chi connectivity index (χ0n) is 11.8. The number of carbonyl (C=O) groups is 1. The Kier molecular flexibility index (Phi) is 2.50. The van der Waals surface area contributed by atoms with Crippen LogP contribution in [0.4, 0.5) is 0 Å². The average molecular weight is 230 g/mol. The van der Waals surface area contributed by atoms with Crippen molar-refractivity contribution in [1.82, 2.24) is 0 Å². The molecule has 0 radical (unpaired) electrons. The zero-order chi connectivity index (χ0) is 13.0. The molecule has 0 N–H and O–H groups in total. The number of ketones is 1. The Labute approximate surface area is 104 Å². The Balaban J connectivity index is 2.72. The lowest BCUT2D eigenvalue weighted by atomic mass is 9.76. The molecule has 0 spiro atoms. The summed E-state index contributed by atoms with van der Waals surface area (Å²) in [5.74, 6) is 0.357. The Morgan fingerprint density at radius 2 is 1.71 bits per heavy atom. The van der Waals surface area contributed by atoms with E-state index < -0.39 is 0 Å². The first-order valence-corrected chi connectivity index (χ1v) is 6.32. The molecule has 0 aromatic heterocycles. The molecule has 2 aliphatic rings. The van der Waals surface area contributed by atoms with E-state index in [1.807, 2.05) is 0 Å². The van der Waals surface area contributed by atoms with Crippen molar-refractivity contribution >= 4 is 5.78 Å². The second kappa shape index (κ2) is 3.44. The van der Waals surface area contributed by atoms with Gasteiger partial charge in [0.25, 0.3) is 0 Å². The van der Waals surface area contributed by atoms with Crippen LogP contribution < -0.4 is 0 Å². The molecule has 0 aromatic rings. The molecule has 0 bridgehead atoms. The summed E-state index contributed by atoms with van der Waals surface area (Å²) >= 11 is 0. The Morgan fingerprint density at radius 1 is 1.12 bits per heavy atom. The third-order valence-corrected chi connectivity index (χ3v) is 4.52. The van der Waals surface area contributed by atoms with Crippen molar-refractivity contribution in [2.75, 3.05) is 0 Å². The molecular weight excluding hydrogens is 208 g/mol. The first-order valence-electron chi connectivity index (χ1n) is 6.32. The smallest absolute Gasteiger partial charge is 0.147 e. The van der Waals surface area contributed by atoms with E-state index in [4.69, 9.17) is 0 Å². The van der Waals surface area contributed by atoms with E-state index in [9.17, 15) is 4.79 Å². The van der Waals surface area contributed by atoms with Crippen molar-refractivity contribution < 1.29 is 4.79 Å². The van der Waals surface area contributed by atoms with Crippen molar-refractivity contribution in [2.24, 2.45) is 10.8 Å². The molecule has 1 nitrogen and oxygen atoms in total. The van der Waals surface area contributed by atoms with E-state index in [-0.39, 0.29) is 10.8 Å². The molecular formula is C16H22O. The molecule has 2 rings (SSSR count). The summed E-state index contributed by atoms with van der Waals surface area (Å²) < 4.78 is 0. The van der Waals surface area contributed by atoms with Crippen LogP contribution in [0.3, 0.4) is 0 Å². The van der Waals surface area contributed by atoms with Gasteiger partial charge in [-0.05, 0) is 49.8 Å². The normalized spacial score (nSPS) is 32.0. The lowest BCUT2D eigenvalue weighted by Crippen LogP contribution is -2.22. The largest absolute Gasteiger partial charge is 0.298 e. The molecule has 0 saturated heterocycles. The number of hydrogen-bond acceptors (Lipinski definition) is 1. The summed E-state index contributed by atoms with van der Waals surface area (Å²) in [6, 6.07) is 0. The minimum atomic E-state index is -0.382. The van der Waals surface area contributed by atoms with Crippen molar-refractivity contribution in [3.05, 3.63) is 34.4 Å². The van der Waals surface area contributed by atoms with Crippen LogP contribution in [-0.2, 0) is 4.79 Å². The number of Topliss-reactive ketones (excluding diaryl/α,β-unsaturated/α-hetero) is 1. The fourth-order valence-corrected chi connectivity index (χ4v) is 3.21. The number of carbonyl (C=O) groups excluding carboxylic acids is 1. The molecule has 1 atom stereocenters. The molecule has 0 heterocycles. The van der Waals surface area contributed by atoms with Crippen LogP contribution in [0.5, 0.6) is 0 Å². The Bertz CT molecular complexity index is 486. The average Bonchev–Trinajstić information content (AvgIpc) is 2.31. The predicted molar refractivity (Wildman–Crippen MR) is 71.7 cm³/mol. The molecule has 1 saturated carbocycles. The highest BCUT2D eigenvalue weighted by atomic mass is 16.1. The third-order valence-electron chi connectivity index (χ3n) is 4.52. The fourth-order valence-electron chi connectivity index (χ4n) is 3.21. The summed E-state index contributed by atoms with van der Waals surface area (Å²) in [6.45, 7) is 12.8. The molecule has 1 fully saturated rings. The molecule has 17 heavy (non-hydrogen) atoms. The fraction of sp³-hybridized carbons (Fsp3) is 0.562. The molecule has 0 aromatic carbocycles. The van der Waals surface area contributed by atoms with Gasteiger partial charge < -0.3 is 0 Å². The Morgan fingerprint density at radius 3 is 2.29 bits per heavy atom. The van der Waals surface area contributed by atoms with Gasteiger partial charge in [0.05, 0.1) is 5.41 Å². The number of rotatable bonds is 0. The van der Waals surface area contributed by atoms with Crippen molar-refractivity contribution in [3.8, 4) is 0 Å². The first-order chi connectivity index (χ1) is 7.68. The van der Waals surface area contributed by atoms with Crippen LogP contribution in [0.25, 0.3) is 0 Å². The lowest BCUT2D eigenvalue weighted by Gasteiger charge is -2.26. The predicted octanol–water partition coefficient (Wildman–Crippen LogP) is 4.21. The minimum absolute atomic E-state index is 0.00546.